The van der Waals surface area contributed by atoms with Crippen LogP contribution in [0.2, 0.25) is 0 Å². The lowest BCUT2D eigenvalue weighted by atomic mass is 9.95. The van der Waals surface area contributed by atoms with Crippen molar-refractivity contribution in [3.05, 3.63) is 95.6 Å². The minimum Gasteiger partial charge on any atom is -0.448 e. The molecule has 0 radical (unpaired) electrons. The Morgan fingerprint density at radius 2 is 1.61 bits per heavy atom. The first-order valence-corrected chi connectivity index (χ1v) is 12.1. The molecule has 3 aromatic carbocycles. The van der Waals surface area contributed by atoms with E-state index in [1.807, 2.05) is 30.3 Å². The van der Waals surface area contributed by atoms with Gasteiger partial charge in [0.1, 0.15) is 12.4 Å². The number of alkyl halides is 3. The average Bonchev–Trinajstić information content (AvgIpc) is 3.32. The standard InChI is InChI=1S/C29H24F3NO3/c30-29(31,32)36-22-7-5-6-18(16-22)19-14-20-12-13-21(15-19)33(20)28(34)35-17-27-25-10-3-1-8-23(25)24-9-2-4-11-26(24)27/h1-11,14,16,20-21,27H,12-13,15,17H2. The van der Waals surface area contributed by atoms with Gasteiger partial charge in [-0.15, -0.1) is 13.2 Å². The lowest BCUT2D eigenvalue weighted by Gasteiger charge is -2.33. The fourth-order valence-corrected chi connectivity index (χ4v) is 5.89. The topological polar surface area (TPSA) is 38.8 Å². The van der Waals surface area contributed by atoms with Gasteiger partial charge >= 0.3 is 12.5 Å². The summed E-state index contributed by atoms with van der Waals surface area (Å²) in [7, 11) is 0. The van der Waals surface area contributed by atoms with Crippen LogP contribution in [0.4, 0.5) is 18.0 Å². The molecule has 1 fully saturated rings. The summed E-state index contributed by atoms with van der Waals surface area (Å²) in [5, 5.41) is 0. The van der Waals surface area contributed by atoms with Crippen LogP contribution in [0, 0.1) is 0 Å². The molecule has 2 atom stereocenters. The van der Waals surface area contributed by atoms with E-state index in [2.05, 4.69) is 29.0 Å². The zero-order valence-electron chi connectivity index (χ0n) is 19.4. The molecule has 0 saturated carbocycles. The molecular weight excluding hydrogens is 467 g/mol. The van der Waals surface area contributed by atoms with Crippen LogP contribution in [0.5, 0.6) is 5.75 Å². The minimum atomic E-state index is -4.74. The SMILES string of the molecule is O=C(OCC1c2ccccc2-c2ccccc21)N1C2C=C(c3cccc(OC(F)(F)F)c3)CC1CC2. The number of fused-ring (bicyclic) bond motifs is 5. The van der Waals surface area contributed by atoms with Gasteiger partial charge in [-0.2, -0.15) is 0 Å². The molecule has 2 aliphatic heterocycles. The van der Waals surface area contributed by atoms with Crippen LogP contribution in [0.1, 0.15) is 41.9 Å². The number of carbonyl (C=O) groups is 1. The predicted octanol–water partition coefficient (Wildman–Crippen LogP) is 7.15. The summed E-state index contributed by atoms with van der Waals surface area (Å²) >= 11 is 0. The van der Waals surface area contributed by atoms with Crippen molar-refractivity contribution in [2.45, 2.75) is 43.6 Å². The van der Waals surface area contributed by atoms with Gasteiger partial charge in [0.2, 0.25) is 0 Å². The van der Waals surface area contributed by atoms with Crippen LogP contribution in [-0.2, 0) is 4.74 Å². The predicted molar refractivity (Wildman–Crippen MR) is 129 cm³/mol. The normalized spacial score (nSPS) is 20.5. The quantitative estimate of drug-likeness (QED) is 0.389. The average molecular weight is 492 g/mol. The number of carbonyl (C=O) groups excluding carboxylic acids is 1. The Morgan fingerprint density at radius 3 is 2.28 bits per heavy atom. The van der Waals surface area contributed by atoms with Crippen LogP contribution in [0.25, 0.3) is 16.7 Å². The van der Waals surface area contributed by atoms with Crippen molar-refractivity contribution in [1.29, 1.82) is 0 Å². The van der Waals surface area contributed by atoms with Crippen molar-refractivity contribution < 1.29 is 27.4 Å². The molecule has 1 amide bonds. The molecule has 1 saturated heterocycles. The van der Waals surface area contributed by atoms with Gasteiger partial charge in [-0.3, -0.25) is 4.90 Å². The summed E-state index contributed by atoms with van der Waals surface area (Å²) < 4.78 is 47.9. The van der Waals surface area contributed by atoms with Gasteiger partial charge in [0.15, 0.2) is 0 Å². The Bertz CT molecular complexity index is 1300. The summed E-state index contributed by atoms with van der Waals surface area (Å²) in [5.41, 5.74) is 6.29. The highest BCUT2D eigenvalue weighted by molar-refractivity contribution is 5.79. The van der Waals surface area contributed by atoms with Crippen molar-refractivity contribution in [2.24, 2.45) is 0 Å². The summed E-state index contributed by atoms with van der Waals surface area (Å²) in [6.45, 7) is 0.260. The molecule has 6 rings (SSSR count). The maximum absolute atomic E-state index is 13.2. The van der Waals surface area contributed by atoms with Crippen LogP contribution in [0.3, 0.4) is 0 Å². The molecule has 2 unspecified atom stereocenters. The summed E-state index contributed by atoms with van der Waals surface area (Å²) in [5.74, 6) is -0.251. The zero-order valence-corrected chi connectivity index (χ0v) is 19.4. The number of rotatable bonds is 4. The van der Waals surface area contributed by atoms with E-state index in [1.165, 1.54) is 23.3 Å². The molecule has 2 heterocycles. The third-order valence-electron chi connectivity index (χ3n) is 7.38. The molecule has 4 nitrogen and oxygen atoms in total. The van der Waals surface area contributed by atoms with Crippen LogP contribution in [0.15, 0.2) is 78.9 Å². The number of hydrogen-bond acceptors (Lipinski definition) is 3. The van der Waals surface area contributed by atoms with E-state index >= 15 is 0 Å². The van der Waals surface area contributed by atoms with Crippen LogP contribution in [-0.4, -0.2) is 36.0 Å². The van der Waals surface area contributed by atoms with E-state index in [-0.39, 0.29) is 36.5 Å². The Balaban J connectivity index is 1.17. The number of amides is 1. The summed E-state index contributed by atoms with van der Waals surface area (Å²) in [6, 6.07) is 22.3. The highest BCUT2D eigenvalue weighted by Gasteiger charge is 2.41. The number of hydrogen-bond donors (Lipinski definition) is 0. The van der Waals surface area contributed by atoms with Gasteiger partial charge in [-0.05, 0) is 64.8 Å². The number of halogens is 3. The molecule has 2 bridgehead atoms. The molecule has 36 heavy (non-hydrogen) atoms. The zero-order chi connectivity index (χ0) is 24.9. The third-order valence-corrected chi connectivity index (χ3v) is 7.38. The molecular formula is C29H24F3NO3. The molecule has 3 aromatic rings. The number of nitrogens with zero attached hydrogens (tertiary/aromatic N) is 1. The summed E-state index contributed by atoms with van der Waals surface area (Å²) in [6.07, 6.45) is -0.897. The second kappa shape index (κ2) is 8.73. The number of ether oxygens (including phenoxy) is 2. The number of benzene rings is 3. The van der Waals surface area contributed by atoms with E-state index in [9.17, 15) is 18.0 Å². The highest BCUT2D eigenvalue weighted by atomic mass is 19.4. The molecule has 184 valence electrons. The Labute approximate surface area is 206 Å². The first kappa shape index (κ1) is 22.7. The van der Waals surface area contributed by atoms with Crippen LogP contribution >= 0.6 is 0 Å². The Hall–Kier alpha value is -3.74. The van der Waals surface area contributed by atoms with Gasteiger partial charge < -0.3 is 9.47 Å². The Morgan fingerprint density at radius 1 is 0.917 bits per heavy atom. The van der Waals surface area contributed by atoms with Gasteiger partial charge in [-0.25, -0.2) is 4.79 Å². The van der Waals surface area contributed by atoms with E-state index in [0.717, 1.165) is 29.5 Å². The monoisotopic (exact) mass is 491 g/mol. The second-order valence-electron chi connectivity index (χ2n) is 9.48. The maximum atomic E-state index is 13.2. The molecule has 3 aliphatic rings. The third kappa shape index (κ3) is 4.12. The molecule has 0 aromatic heterocycles. The van der Waals surface area contributed by atoms with Gasteiger partial charge in [0.05, 0.1) is 6.04 Å². The van der Waals surface area contributed by atoms with Crippen LogP contribution < -0.4 is 4.74 Å². The van der Waals surface area contributed by atoms with E-state index in [1.54, 1.807) is 17.0 Å². The smallest absolute Gasteiger partial charge is 0.448 e. The van der Waals surface area contributed by atoms with Crippen molar-refractivity contribution in [2.75, 3.05) is 6.61 Å². The first-order valence-electron chi connectivity index (χ1n) is 12.1. The largest absolute Gasteiger partial charge is 0.573 e. The van der Waals surface area contributed by atoms with E-state index in [0.29, 0.717) is 12.0 Å². The maximum Gasteiger partial charge on any atom is 0.573 e. The first-order chi connectivity index (χ1) is 17.4. The lowest BCUT2D eigenvalue weighted by Crippen LogP contribution is -2.43. The summed E-state index contributed by atoms with van der Waals surface area (Å²) in [4.78, 5) is 15.0. The molecule has 7 heteroatoms. The highest BCUT2D eigenvalue weighted by Crippen LogP contribution is 2.45. The van der Waals surface area contributed by atoms with Crippen molar-refractivity contribution in [3.8, 4) is 16.9 Å². The van der Waals surface area contributed by atoms with E-state index in [4.69, 9.17) is 4.74 Å². The fraction of sp³-hybridized carbons (Fsp3) is 0.276. The Kier molecular flexibility index (Phi) is 5.51. The second-order valence-corrected chi connectivity index (χ2v) is 9.48. The van der Waals surface area contributed by atoms with Gasteiger partial charge in [0.25, 0.3) is 0 Å². The minimum absolute atomic E-state index is 0.00808. The van der Waals surface area contributed by atoms with Gasteiger partial charge in [0, 0.05) is 12.0 Å². The molecule has 1 aliphatic carbocycles. The molecule has 0 N–H and O–H groups in total. The van der Waals surface area contributed by atoms with Crippen molar-refractivity contribution in [3.63, 3.8) is 0 Å². The van der Waals surface area contributed by atoms with Crippen molar-refractivity contribution in [1.82, 2.24) is 4.90 Å². The van der Waals surface area contributed by atoms with Crippen molar-refractivity contribution >= 4 is 11.7 Å². The molecule has 0 spiro atoms. The van der Waals surface area contributed by atoms with E-state index < -0.39 is 6.36 Å². The lowest BCUT2D eigenvalue weighted by molar-refractivity contribution is -0.274. The fourth-order valence-electron chi connectivity index (χ4n) is 5.89. The van der Waals surface area contributed by atoms with Gasteiger partial charge in [-0.1, -0.05) is 66.7 Å².